The second kappa shape index (κ2) is 9.08. The van der Waals surface area contributed by atoms with Crippen LogP contribution >= 0.6 is 0 Å². The summed E-state index contributed by atoms with van der Waals surface area (Å²) < 4.78 is 1.84. The van der Waals surface area contributed by atoms with E-state index < -0.39 is 0 Å². The van der Waals surface area contributed by atoms with Crippen molar-refractivity contribution in [3.05, 3.63) is 47.8 Å². The number of aryl methyl sites for hydroxylation is 1. The van der Waals surface area contributed by atoms with Crippen molar-refractivity contribution >= 4 is 11.6 Å². The molecule has 1 saturated heterocycles. The van der Waals surface area contributed by atoms with Crippen LogP contribution in [0.15, 0.2) is 41.7 Å². The molecule has 1 aliphatic rings. The fraction of sp³-hybridized carbons (Fsp3) is 0.450. The molecule has 27 heavy (non-hydrogen) atoms. The Kier molecular flexibility index (Phi) is 6.31. The lowest BCUT2D eigenvalue weighted by atomic mass is 10.1. The predicted octanol–water partition coefficient (Wildman–Crippen LogP) is 2.02. The van der Waals surface area contributed by atoms with Gasteiger partial charge < -0.3 is 15.5 Å². The Labute approximate surface area is 160 Å². The Morgan fingerprint density at radius 3 is 3.07 bits per heavy atom. The van der Waals surface area contributed by atoms with Crippen molar-refractivity contribution in [1.29, 1.82) is 5.26 Å². The predicted molar refractivity (Wildman–Crippen MR) is 108 cm³/mol. The number of nitrogens with zero attached hydrogens (tertiary/aromatic N) is 5. The summed E-state index contributed by atoms with van der Waals surface area (Å²) in [7, 11) is 1.94. The Balaban J connectivity index is 1.63. The number of nitrogens with one attached hydrogen (secondary N) is 2. The lowest BCUT2D eigenvalue weighted by Gasteiger charge is -2.34. The summed E-state index contributed by atoms with van der Waals surface area (Å²) in [5, 5.41) is 20.2. The van der Waals surface area contributed by atoms with E-state index in [0.29, 0.717) is 18.2 Å². The topological polar surface area (TPSA) is 81.3 Å². The first kappa shape index (κ1) is 18.8. The zero-order valence-corrected chi connectivity index (χ0v) is 16.0. The number of anilines is 1. The Bertz CT molecular complexity index is 818. The van der Waals surface area contributed by atoms with Gasteiger partial charge in [-0.1, -0.05) is 12.1 Å². The first-order valence-corrected chi connectivity index (χ1v) is 9.45. The van der Waals surface area contributed by atoms with Crippen molar-refractivity contribution in [2.45, 2.75) is 32.4 Å². The summed E-state index contributed by atoms with van der Waals surface area (Å²) in [5.74, 6) is 0.817. The number of hydrogen-bond donors (Lipinski definition) is 2. The summed E-state index contributed by atoms with van der Waals surface area (Å²) in [4.78, 5) is 7.07. The smallest absolute Gasteiger partial charge is 0.191 e. The third-order valence-corrected chi connectivity index (χ3v) is 4.64. The minimum Gasteiger partial charge on any atom is -0.367 e. The molecule has 0 amide bonds. The van der Waals surface area contributed by atoms with Gasteiger partial charge in [0.1, 0.15) is 0 Å². The van der Waals surface area contributed by atoms with E-state index in [2.05, 4.69) is 39.8 Å². The minimum absolute atomic E-state index is 0.335. The minimum atomic E-state index is 0.335. The van der Waals surface area contributed by atoms with Gasteiger partial charge in [-0.3, -0.25) is 4.68 Å². The number of rotatable bonds is 5. The highest BCUT2D eigenvalue weighted by Gasteiger charge is 2.21. The van der Waals surface area contributed by atoms with Crippen LogP contribution in [0.25, 0.3) is 0 Å². The molecule has 0 bridgehead atoms. The van der Waals surface area contributed by atoms with Crippen molar-refractivity contribution in [1.82, 2.24) is 20.4 Å². The van der Waals surface area contributed by atoms with Gasteiger partial charge in [-0.15, -0.1) is 0 Å². The van der Waals surface area contributed by atoms with Gasteiger partial charge in [0.2, 0.25) is 0 Å². The van der Waals surface area contributed by atoms with E-state index in [1.807, 2.05) is 42.2 Å². The fourth-order valence-electron chi connectivity index (χ4n) is 3.32. The van der Waals surface area contributed by atoms with E-state index in [-0.39, 0.29) is 0 Å². The van der Waals surface area contributed by atoms with E-state index in [1.165, 1.54) is 5.69 Å². The van der Waals surface area contributed by atoms with Crippen LogP contribution in [0.1, 0.15) is 30.9 Å². The highest BCUT2D eigenvalue weighted by Crippen LogP contribution is 2.19. The van der Waals surface area contributed by atoms with Crippen LogP contribution in [0.4, 0.5) is 5.69 Å². The van der Waals surface area contributed by atoms with Gasteiger partial charge in [-0.25, -0.2) is 4.99 Å². The van der Waals surface area contributed by atoms with Crippen LogP contribution in [0.2, 0.25) is 0 Å². The van der Waals surface area contributed by atoms with Gasteiger partial charge in [0, 0.05) is 38.9 Å². The number of guanidine groups is 1. The summed E-state index contributed by atoms with van der Waals surface area (Å²) in [5.41, 5.74) is 2.87. The van der Waals surface area contributed by atoms with Crippen molar-refractivity contribution in [2.24, 2.45) is 12.0 Å². The number of benzene rings is 1. The van der Waals surface area contributed by atoms with Gasteiger partial charge in [-0.2, -0.15) is 10.4 Å². The van der Waals surface area contributed by atoms with Crippen LogP contribution in [-0.2, 0) is 13.6 Å². The number of hydrogen-bond acceptors (Lipinski definition) is 4. The maximum atomic E-state index is 9.04. The largest absolute Gasteiger partial charge is 0.367 e. The second-order valence-corrected chi connectivity index (χ2v) is 6.81. The summed E-state index contributed by atoms with van der Waals surface area (Å²) in [6.07, 6.45) is 6.23. The maximum absolute atomic E-state index is 9.04. The summed E-state index contributed by atoms with van der Waals surface area (Å²) in [6.45, 7) is 5.40. The molecule has 3 rings (SSSR count). The molecule has 1 aliphatic heterocycles. The molecule has 0 aliphatic carbocycles. The average molecular weight is 365 g/mol. The van der Waals surface area contributed by atoms with Crippen molar-refractivity contribution in [2.75, 3.05) is 24.5 Å². The molecule has 1 unspecified atom stereocenters. The van der Waals surface area contributed by atoms with Crippen molar-refractivity contribution in [3.63, 3.8) is 0 Å². The van der Waals surface area contributed by atoms with Crippen LogP contribution in [0, 0.1) is 11.3 Å². The van der Waals surface area contributed by atoms with Crippen LogP contribution in [0.5, 0.6) is 0 Å². The molecule has 142 valence electrons. The Hall–Kier alpha value is -3.01. The number of aliphatic imine (C=N–C) groups is 1. The summed E-state index contributed by atoms with van der Waals surface area (Å²) >= 11 is 0. The van der Waals surface area contributed by atoms with Gasteiger partial charge in [0.05, 0.1) is 30.1 Å². The van der Waals surface area contributed by atoms with Crippen LogP contribution in [0.3, 0.4) is 0 Å². The highest BCUT2D eigenvalue weighted by molar-refractivity contribution is 5.80. The van der Waals surface area contributed by atoms with Crippen LogP contribution < -0.4 is 15.5 Å². The maximum Gasteiger partial charge on any atom is 0.191 e. The quantitative estimate of drug-likeness (QED) is 0.626. The molecular formula is C20H27N7. The molecule has 0 saturated carbocycles. The third-order valence-electron chi connectivity index (χ3n) is 4.64. The zero-order chi connectivity index (χ0) is 19.1. The van der Waals surface area contributed by atoms with Gasteiger partial charge in [0.25, 0.3) is 0 Å². The molecule has 2 heterocycles. The number of nitriles is 1. The number of piperidine rings is 1. The first-order chi connectivity index (χ1) is 13.2. The molecule has 0 spiro atoms. The standard InChI is InChI=1S/C20H27N7/c1-3-22-20(23-12-17-7-4-6-16(10-17)11-21)25-18-8-5-9-27(14-18)19-13-24-26(2)15-19/h4,6-7,10,13,15,18H,3,5,8-9,12,14H2,1-2H3,(H2,22,23,25). The van der Waals surface area contributed by atoms with Crippen LogP contribution in [-0.4, -0.2) is 41.4 Å². The fourth-order valence-corrected chi connectivity index (χ4v) is 3.32. The molecule has 1 atom stereocenters. The Morgan fingerprint density at radius 2 is 2.33 bits per heavy atom. The molecule has 2 N–H and O–H groups in total. The highest BCUT2D eigenvalue weighted by atomic mass is 15.3. The summed E-state index contributed by atoms with van der Waals surface area (Å²) in [6, 6.07) is 10.1. The molecule has 2 aromatic rings. The molecule has 7 heteroatoms. The molecule has 1 fully saturated rings. The number of aromatic nitrogens is 2. The Morgan fingerprint density at radius 1 is 1.44 bits per heavy atom. The third kappa shape index (κ3) is 5.23. The van der Waals surface area contributed by atoms with Crippen molar-refractivity contribution in [3.8, 4) is 6.07 Å². The van der Waals surface area contributed by atoms with E-state index in [0.717, 1.165) is 44.0 Å². The molecule has 1 aromatic carbocycles. The van der Waals surface area contributed by atoms with Gasteiger partial charge in [0.15, 0.2) is 5.96 Å². The normalized spacial score (nSPS) is 17.4. The van der Waals surface area contributed by atoms with E-state index >= 15 is 0 Å². The van der Waals surface area contributed by atoms with E-state index in [9.17, 15) is 0 Å². The SMILES string of the molecule is CCNC(=NCc1cccc(C#N)c1)NC1CCCN(c2cnn(C)c2)C1. The lowest BCUT2D eigenvalue weighted by molar-refractivity contribution is 0.468. The lowest BCUT2D eigenvalue weighted by Crippen LogP contribution is -2.51. The van der Waals surface area contributed by atoms with Crippen molar-refractivity contribution < 1.29 is 0 Å². The van der Waals surface area contributed by atoms with Gasteiger partial charge in [-0.05, 0) is 37.5 Å². The molecule has 0 radical (unpaired) electrons. The molecule has 1 aromatic heterocycles. The second-order valence-electron chi connectivity index (χ2n) is 6.81. The van der Waals surface area contributed by atoms with E-state index in [1.54, 1.807) is 0 Å². The molecule has 7 nitrogen and oxygen atoms in total. The molecular weight excluding hydrogens is 338 g/mol. The monoisotopic (exact) mass is 365 g/mol. The van der Waals surface area contributed by atoms with Gasteiger partial charge >= 0.3 is 0 Å². The first-order valence-electron chi connectivity index (χ1n) is 9.45. The zero-order valence-electron chi connectivity index (χ0n) is 16.0. The van der Waals surface area contributed by atoms with E-state index in [4.69, 9.17) is 10.3 Å². The average Bonchev–Trinajstić information content (AvgIpc) is 3.13.